The molecule has 3 rings (SSSR count). The number of sulfone groups is 1. The summed E-state index contributed by atoms with van der Waals surface area (Å²) in [5.41, 5.74) is 1.62. The average molecular weight is 408 g/mol. The van der Waals surface area contributed by atoms with Crippen LogP contribution in [-0.4, -0.2) is 34.9 Å². The summed E-state index contributed by atoms with van der Waals surface area (Å²) in [6, 6.07) is 14.2. The second kappa shape index (κ2) is 6.70. The smallest absolute Gasteiger partial charge is 0.175 e. The van der Waals surface area contributed by atoms with Crippen LogP contribution in [0.4, 0.5) is 5.69 Å². The molecule has 3 aromatic rings. The van der Waals surface area contributed by atoms with Gasteiger partial charge in [0.15, 0.2) is 15.7 Å². The van der Waals surface area contributed by atoms with Crippen molar-refractivity contribution in [2.45, 2.75) is 11.4 Å². The summed E-state index contributed by atoms with van der Waals surface area (Å²) in [6.45, 7) is 0.420. The van der Waals surface area contributed by atoms with E-state index in [4.69, 9.17) is 0 Å². The lowest BCUT2D eigenvalue weighted by atomic mass is 10.3. The van der Waals surface area contributed by atoms with Crippen LogP contribution in [0.25, 0.3) is 5.69 Å². The molecular formula is C15H14BrN5O2S. The molecule has 1 N–H and O–H groups in total. The predicted molar refractivity (Wildman–Crippen MR) is 93.7 cm³/mol. The minimum atomic E-state index is -3.23. The van der Waals surface area contributed by atoms with Crippen molar-refractivity contribution in [3.8, 4) is 5.69 Å². The molecular weight excluding hydrogens is 394 g/mol. The second-order valence-corrected chi connectivity index (χ2v) is 7.98. The van der Waals surface area contributed by atoms with E-state index in [1.165, 1.54) is 18.4 Å². The standard InChI is InChI=1S/C15H14BrN5O2S/c1-24(22,23)12-8-6-11(7-9-12)21-15(18-19-20-21)10-17-14-5-3-2-4-13(14)16/h2-9,17H,10H2,1H3. The summed E-state index contributed by atoms with van der Waals surface area (Å²) >= 11 is 3.47. The Morgan fingerprint density at radius 1 is 1.12 bits per heavy atom. The first-order valence-corrected chi connectivity index (χ1v) is 9.70. The summed E-state index contributed by atoms with van der Waals surface area (Å²) in [5.74, 6) is 0.609. The number of rotatable bonds is 5. The molecule has 0 unspecified atom stereocenters. The molecule has 0 fully saturated rings. The summed E-state index contributed by atoms with van der Waals surface area (Å²) in [4.78, 5) is 0.257. The van der Waals surface area contributed by atoms with Crippen LogP contribution in [0.5, 0.6) is 0 Å². The molecule has 124 valence electrons. The summed E-state index contributed by atoms with van der Waals surface area (Å²) in [6.07, 6.45) is 1.17. The van der Waals surface area contributed by atoms with Crippen LogP contribution in [0, 0.1) is 0 Å². The van der Waals surface area contributed by atoms with Gasteiger partial charge < -0.3 is 5.32 Å². The van der Waals surface area contributed by atoms with Gasteiger partial charge in [0.1, 0.15) is 0 Å². The third-order valence-electron chi connectivity index (χ3n) is 3.35. The zero-order valence-corrected chi connectivity index (χ0v) is 15.1. The zero-order valence-electron chi connectivity index (χ0n) is 12.7. The van der Waals surface area contributed by atoms with Crippen molar-refractivity contribution in [3.63, 3.8) is 0 Å². The van der Waals surface area contributed by atoms with Gasteiger partial charge in [0.25, 0.3) is 0 Å². The van der Waals surface area contributed by atoms with Gasteiger partial charge in [-0.05, 0) is 62.8 Å². The van der Waals surface area contributed by atoms with Gasteiger partial charge in [-0.2, -0.15) is 4.68 Å². The predicted octanol–water partition coefficient (Wildman–Crippen LogP) is 2.44. The summed E-state index contributed by atoms with van der Waals surface area (Å²) in [5, 5.41) is 14.9. The Morgan fingerprint density at radius 2 is 1.83 bits per heavy atom. The molecule has 0 amide bonds. The lowest BCUT2D eigenvalue weighted by Gasteiger charge is -2.09. The Kier molecular flexibility index (Phi) is 4.63. The Balaban J connectivity index is 1.82. The van der Waals surface area contributed by atoms with Gasteiger partial charge >= 0.3 is 0 Å². The van der Waals surface area contributed by atoms with Gasteiger partial charge in [-0.1, -0.05) is 12.1 Å². The third kappa shape index (κ3) is 3.62. The maximum atomic E-state index is 11.5. The van der Waals surface area contributed by atoms with Gasteiger partial charge in [0.05, 0.1) is 17.1 Å². The van der Waals surface area contributed by atoms with Gasteiger partial charge in [-0.15, -0.1) is 5.10 Å². The van der Waals surface area contributed by atoms with Crippen molar-refractivity contribution in [2.24, 2.45) is 0 Å². The highest BCUT2D eigenvalue weighted by Crippen LogP contribution is 2.22. The highest BCUT2D eigenvalue weighted by molar-refractivity contribution is 9.10. The molecule has 0 bridgehead atoms. The van der Waals surface area contributed by atoms with Gasteiger partial charge in [0, 0.05) is 16.4 Å². The van der Waals surface area contributed by atoms with Crippen LogP contribution in [0.3, 0.4) is 0 Å². The van der Waals surface area contributed by atoms with E-state index in [0.717, 1.165) is 10.2 Å². The Morgan fingerprint density at radius 3 is 2.50 bits per heavy atom. The SMILES string of the molecule is CS(=O)(=O)c1ccc(-n2nnnc2CNc2ccccc2Br)cc1. The van der Waals surface area contributed by atoms with E-state index in [1.54, 1.807) is 16.8 Å². The number of nitrogens with one attached hydrogen (secondary N) is 1. The highest BCUT2D eigenvalue weighted by atomic mass is 79.9. The quantitative estimate of drug-likeness (QED) is 0.698. The van der Waals surface area contributed by atoms with Crippen molar-refractivity contribution in [1.82, 2.24) is 20.2 Å². The maximum absolute atomic E-state index is 11.5. The largest absolute Gasteiger partial charge is 0.377 e. The number of anilines is 1. The average Bonchev–Trinajstić information content (AvgIpc) is 3.02. The molecule has 24 heavy (non-hydrogen) atoms. The molecule has 1 aromatic heterocycles. The topological polar surface area (TPSA) is 89.8 Å². The molecule has 7 nitrogen and oxygen atoms in total. The van der Waals surface area contributed by atoms with E-state index in [2.05, 4.69) is 36.8 Å². The number of tetrazole rings is 1. The van der Waals surface area contributed by atoms with Crippen LogP contribution >= 0.6 is 15.9 Å². The molecule has 0 spiro atoms. The van der Waals surface area contributed by atoms with Crippen molar-refractivity contribution < 1.29 is 8.42 Å². The first-order valence-electron chi connectivity index (χ1n) is 7.01. The van der Waals surface area contributed by atoms with E-state index in [9.17, 15) is 8.42 Å². The minimum absolute atomic E-state index is 0.257. The summed E-state index contributed by atoms with van der Waals surface area (Å²) < 4.78 is 25.6. The molecule has 0 atom stereocenters. The third-order valence-corrected chi connectivity index (χ3v) is 5.17. The van der Waals surface area contributed by atoms with Gasteiger partial charge in [0.2, 0.25) is 0 Å². The lowest BCUT2D eigenvalue weighted by Crippen LogP contribution is -2.09. The normalized spacial score (nSPS) is 11.4. The van der Waals surface area contributed by atoms with Crippen LogP contribution in [-0.2, 0) is 16.4 Å². The van der Waals surface area contributed by atoms with E-state index in [-0.39, 0.29) is 4.90 Å². The highest BCUT2D eigenvalue weighted by Gasteiger charge is 2.11. The van der Waals surface area contributed by atoms with E-state index in [0.29, 0.717) is 18.1 Å². The first-order chi connectivity index (χ1) is 11.4. The fourth-order valence-electron chi connectivity index (χ4n) is 2.13. The van der Waals surface area contributed by atoms with Crippen molar-refractivity contribution in [1.29, 1.82) is 0 Å². The number of nitrogens with zero attached hydrogens (tertiary/aromatic N) is 4. The molecule has 0 saturated carbocycles. The summed E-state index contributed by atoms with van der Waals surface area (Å²) in [7, 11) is -3.23. The fourth-order valence-corrected chi connectivity index (χ4v) is 3.19. The number of halogens is 1. The van der Waals surface area contributed by atoms with Crippen LogP contribution < -0.4 is 5.32 Å². The minimum Gasteiger partial charge on any atom is -0.377 e. The Bertz CT molecular complexity index is 954. The Labute approximate surface area is 147 Å². The Hall–Kier alpha value is -2.26. The van der Waals surface area contributed by atoms with Crippen molar-refractivity contribution in [2.75, 3.05) is 11.6 Å². The number of hydrogen-bond donors (Lipinski definition) is 1. The molecule has 0 aliphatic heterocycles. The maximum Gasteiger partial charge on any atom is 0.175 e. The lowest BCUT2D eigenvalue weighted by molar-refractivity contribution is 0.602. The monoisotopic (exact) mass is 407 g/mol. The molecule has 0 saturated heterocycles. The molecule has 2 aromatic carbocycles. The van der Waals surface area contributed by atoms with Gasteiger partial charge in [-0.3, -0.25) is 0 Å². The molecule has 9 heteroatoms. The zero-order chi connectivity index (χ0) is 17.2. The number of benzene rings is 2. The molecule has 1 heterocycles. The van der Waals surface area contributed by atoms with E-state index in [1.807, 2.05) is 24.3 Å². The second-order valence-electron chi connectivity index (χ2n) is 5.11. The van der Waals surface area contributed by atoms with Crippen molar-refractivity contribution >= 4 is 31.5 Å². The first kappa shape index (κ1) is 16.6. The molecule has 0 aliphatic rings. The molecule has 0 radical (unpaired) electrons. The van der Waals surface area contributed by atoms with Gasteiger partial charge in [-0.25, -0.2) is 8.42 Å². The van der Waals surface area contributed by atoms with E-state index < -0.39 is 9.84 Å². The molecule has 0 aliphatic carbocycles. The van der Waals surface area contributed by atoms with Crippen LogP contribution in [0.15, 0.2) is 57.9 Å². The van der Waals surface area contributed by atoms with Crippen LogP contribution in [0.1, 0.15) is 5.82 Å². The van der Waals surface area contributed by atoms with Crippen molar-refractivity contribution in [3.05, 3.63) is 58.8 Å². The fraction of sp³-hybridized carbons (Fsp3) is 0.133. The number of aromatic nitrogens is 4. The van der Waals surface area contributed by atoms with E-state index >= 15 is 0 Å². The number of hydrogen-bond acceptors (Lipinski definition) is 6. The van der Waals surface area contributed by atoms with Crippen LogP contribution in [0.2, 0.25) is 0 Å². The number of para-hydroxylation sites is 1.